The van der Waals surface area contributed by atoms with Gasteiger partial charge in [0.2, 0.25) is 0 Å². The summed E-state index contributed by atoms with van der Waals surface area (Å²) in [5.74, 6) is 0. The Bertz CT molecular complexity index is 128. The fraction of sp³-hybridized carbons (Fsp3) is 0.600. The standard InChI is InChI=1S/C5H8N2S/c1-8-5-6-3-2-4-7-5/h3H,2,4H2,1H3. The van der Waals surface area contributed by atoms with Gasteiger partial charge >= 0.3 is 0 Å². The fourth-order valence-corrected chi connectivity index (χ4v) is 0.919. The lowest BCUT2D eigenvalue weighted by Crippen LogP contribution is -1.97. The van der Waals surface area contributed by atoms with Crippen molar-refractivity contribution in [1.29, 1.82) is 0 Å². The van der Waals surface area contributed by atoms with Gasteiger partial charge in [-0.15, -0.1) is 0 Å². The average molecular weight is 128 g/mol. The largest absolute Gasteiger partial charge is 0.260 e. The second kappa shape index (κ2) is 2.87. The predicted octanol–water partition coefficient (Wildman–Crippen LogP) is 1.18. The van der Waals surface area contributed by atoms with Crippen LogP contribution >= 0.6 is 11.8 Å². The smallest absolute Gasteiger partial charge is 0.182 e. The van der Waals surface area contributed by atoms with Crippen molar-refractivity contribution in [2.45, 2.75) is 6.42 Å². The number of rotatable bonds is 0. The van der Waals surface area contributed by atoms with Crippen LogP contribution in [0.2, 0.25) is 0 Å². The maximum absolute atomic E-state index is 4.13. The highest BCUT2D eigenvalue weighted by molar-refractivity contribution is 8.13. The minimum absolute atomic E-state index is 0.913. The molecule has 8 heavy (non-hydrogen) atoms. The molecule has 0 saturated carbocycles. The van der Waals surface area contributed by atoms with Gasteiger partial charge in [-0.2, -0.15) is 0 Å². The first kappa shape index (κ1) is 5.82. The van der Waals surface area contributed by atoms with Crippen molar-refractivity contribution in [2.75, 3.05) is 12.8 Å². The van der Waals surface area contributed by atoms with Gasteiger partial charge in [0.25, 0.3) is 0 Å². The molecular formula is C5H8N2S. The molecule has 0 aromatic rings. The zero-order valence-corrected chi connectivity index (χ0v) is 5.61. The third-order valence-corrected chi connectivity index (χ3v) is 1.49. The van der Waals surface area contributed by atoms with Gasteiger partial charge in [-0.05, 0) is 6.26 Å². The van der Waals surface area contributed by atoms with Crippen molar-refractivity contribution in [3.63, 3.8) is 0 Å². The summed E-state index contributed by atoms with van der Waals surface area (Å²) in [5, 5.41) is 0.913. The average Bonchev–Trinajstić information content (AvgIpc) is 1.90. The van der Waals surface area contributed by atoms with E-state index in [0.717, 1.165) is 18.1 Å². The lowest BCUT2D eigenvalue weighted by molar-refractivity contribution is 1.04. The highest BCUT2D eigenvalue weighted by Gasteiger charge is 1.94. The SMILES string of the molecule is CSC1=NCCC=N1. The molecule has 2 nitrogen and oxygen atoms in total. The Morgan fingerprint density at radius 3 is 3.00 bits per heavy atom. The van der Waals surface area contributed by atoms with Gasteiger partial charge in [0.1, 0.15) is 0 Å². The second-order valence-corrected chi connectivity index (χ2v) is 2.24. The third kappa shape index (κ3) is 1.33. The van der Waals surface area contributed by atoms with Gasteiger partial charge in [0.05, 0.1) is 0 Å². The molecule has 0 bridgehead atoms. The zero-order chi connectivity index (χ0) is 5.82. The van der Waals surface area contributed by atoms with Crippen LogP contribution in [0.3, 0.4) is 0 Å². The highest BCUT2D eigenvalue weighted by Crippen LogP contribution is 2.02. The van der Waals surface area contributed by atoms with Gasteiger partial charge < -0.3 is 0 Å². The first-order valence-corrected chi connectivity index (χ1v) is 3.77. The molecule has 0 N–H and O–H groups in total. The van der Waals surface area contributed by atoms with Gasteiger partial charge in [-0.1, -0.05) is 11.8 Å². The van der Waals surface area contributed by atoms with Crippen LogP contribution in [0.25, 0.3) is 0 Å². The normalized spacial score (nSPS) is 18.4. The molecule has 3 heteroatoms. The molecule has 0 atom stereocenters. The lowest BCUT2D eigenvalue weighted by atomic mass is 10.4. The van der Waals surface area contributed by atoms with Gasteiger partial charge in [-0.25, -0.2) is 4.99 Å². The maximum atomic E-state index is 4.13. The Balaban J connectivity index is 2.51. The number of aliphatic imine (C=N–C) groups is 2. The van der Waals surface area contributed by atoms with E-state index in [0.29, 0.717) is 0 Å². The highest BCUT2D eigenvalue weighted by atomic mass is 32.2. The Hall–Kier alpha value is -0.310. The molecule has 0 aliphatic carbocycles. The number of amidine groups is 1. The Morgan fingerprint density at radius 2 is 2.62 bits per heavy atom. The van der Waals surface area contributed by atoms with E-state index in [1.807, 2.05) is 12.5 Å². The van der Waals surface area contributed by atoms with Gasteiger partial charge in [0.15, 0.2) is 5.17 Å². The van der Waals surface area contributed by atoms with Gasteiger partial charge in [-0.3, -0.25) is 4.99 Å². The Morgan fingerprint density at radius 1 is 1.75 bits per heavy atom. The van der Waals surface area contributed by atoms with E-state index in [-0.39, 0.29) is 0 Å². The summed E-state index contributed by atoms with van der Waals surface area (Å²) in [7, 11) is 0. The number of hydrogen-bond donors (Lipinski definition) is 0. The van der Waals surface area contributed by atoms with Crippen LogP contribution in [-0.2, 0) is 0 Å². The van der Waals surface area contributed by atoms with E-state index >= 15 is 0 Å². The molecule has 0 radical (unpaired) electrons. The third-order valence-electron chi connectivity index (χ3n) is 0.890. The minimum Gasteiger partial charge on any atom is -0.260 e. The molecule has 44 valence electrons. The first-order valence-electron chi connectivity index (χ1n) is 2.54. The molecule has 1 aliphatic heterocycles. The van der Waals surface area contributed by atoms with E-state index in [1.165, 1.54) is 0 Å². The predicted molar refractivity (Wildman–Crippen MR) is 38.9 cm³/mol. The molecule has 0 fully saturated rings. The van der Waals surface area contributed by atoms with Crippen LogP contribution in [0.4, 0.5) is 0 Å². The summed E-state index contributed by atoms with van der Waals surface area (Å²) >= 11 is 1.60. The van der Waals surface area contributed by atoms with Crippen molar-refractivity contribution in [2.24, 2.45) is 9.98 Å². The summed E-state index contributed by atoms with van der Waals surface area (Å²) < 4.78 is 0. The van der Waals surface area contributed by atoms with Crippen LogP contribution < -0.4 is 0 Å². The Kier molecular flexibility index (Phi) is 2.09. The molecule has 1 heterocycles. The van der Waals surface area contributed by atoms with Crippen LogP contribution in [-0.4, -0.2) is 24.2 Å². The van der Waals surface area contributed by atoms with Crippen molar-refractivity contribution in [3.05, 3.63) is 0 Å². The summed E-state index contributed by atoms with van der Waals surface area (Å²) in [6.45, 7) is 0.916. The van der Waals surface area contributed by atoms with E-state index in [2.05, 4.69) is 9.98 Å². The molecule has 1 aliphatic rings. The number of nitrogens with zero attached hydrogens (tertiary/aromatic N) is 2. The van der Waals surface area contributed by atoms with Crippen LogP contribution in [0.15, 0.2) is 9.98 Å². The topological polar surface area (TPSA) is 24.7 Å². The quantitative estimate of drug-likeness (QED) is 0.481. The molecule has 0 amide bonds. The first-order chi connectivity index (χ1) is 3.93. The molecule has 0 aromatic carbocycles. The Labute approximate surface area is 53.1 Å². The van der Waals surface area contributed by atoms with Crippen LogP contribution in [0.1, 0.15) is 6.42 Å². The molecule has 0 aromatic heterocycles. The molecular weight excluding hydrogens is 120 g/mol. The van der Waals surface area contributed by atoms with E-state index in [9.17, 15) is 0 Å². The minimum atomic E-state index is 0.913. The second-order valence-electron chi connectivity index (χ2n) is 1.47. The summed E-state index contributed by atoms with van der Waals surface area (Å²) in [4.78, 5) is 8.17. The van der Waals surface area contributed by atoms with Crippen molar-refractivity contribution >= 4 is 23.1 Å². The lowest BCUT2D eigenvalue weighted by Gasteiger charge is -1.98. The molecule has 0 saturated heterocycles. The molecule has 1 rings (SSSR count). The van der Waals surface area contributed by atoms with Crippen LogP contribution in [0, 0.1) is 0 Å². The van der Waals surface area contributed by atoms with Crippen molar-refractivity contribution in [1.82, 2.24) is 0 Å². The summed E-state index contributed by atoms with van der Waals surface area (Å²) in [6, 6.07) is 0. The monoisotopic (exact) mass is 128 g/mol. The van der Waals surface area contributed by atoms with E-state index in [4.69, 9.17) is 0 Å². The van der Waals surface area contributed by atoms with Crippen LogP contribution in [0.5, 0.6) is 0 Å². The molecule has 0 unspecified atom stereocenters. The number of thioether (sulfide) groups is 1. The summed E-state index contributed by atoms with van der Waals surface area (Å²) in [5.41, 5.74) is 0. The van der Waals surface area contributed by atoms with Gasteiger partial charge in [0, 0.05) is 19.2 Å². The zero-order valence-electron chi connectivity index (χ0n) is 4.79. The van der Waals surface area contributed by atoms with E-state index in [1.54, 1.807) is 11.8 Å². The fourth-order valence-electron chi connectivity index (χ4n) is 0.519. The van der Waals surface area contributed by atoms with Crippen molar-refractivity contribution < 1.29 is 0 Å². The van der Waals surface area contributed by atoms with E-state index < -0.39 is 0 Å². The number of hydrogen-bond acceptors (Lipinski definition) is 3. The summed E-state index contributed by atoms with van der Waals surface area (Å²) in [6.07, 6.45) is 4.91. The maximum Gasteiger partial charge on any atom is 0.182 e. The van der Waals surface area contributed by atoms with Crippen molar-refractivity contribution in [3.8, 4) is 0 Å². The molecule has 0 spiro atoms.